The third kappa shape index (κ3) is 8.73. The van der Waals surface area contributed by atoms with Gasteiger partial charge in [-0.25, -0.2) is 0 Å². The van der Waals surface area contributed by atoms with Gasteiger partial charge in [0.15, 0.2) is 14.6 Å². The number of aliphatic hydroxyl groups is 1. The van der Waals surface area contributed by atoms with Gasteiger partial charge in [0.25, 0.3) is 0 Å². The second kappa shape index (κ2) is 14.7. The molecule has 0 radical (unpaired) electrons. The van der Waals surface area contributed by atoms with Gasteiger partial charge in [0.2, 0.25) is 0 Å². The lowest BCUT2D eigenvalue weighted by Crippen LogP contribution is -2.61. The van der Waals surface area contributed by atoms with Crippen molar-refractivity contribution < 1.29 is 33.2 Å². The average molecular weight is 595 g/mol. The lowest BCUT2D eigenvalue weighted by molar-refractivity contribution is -0.314. The summed E-state index contributed by atoms with van der Waals surface area (Å²) in [5.41, 5.74) is 2.99. The van der Waals surface area contributed by atoms with Crippen molar-refractivity contribution in [1.29, 1.82) is 0 Å². The smallest absolute Gasteiger partial charge is 0.192 e. The zero-order valence-corrected chi connectivity index (χ0v) is 26.7. The minimum Gasteiger partial charge on any atom is -0.497 e. The summed E-state index contributed by atoms with van der Waals surface area (Å²) < 4.78 is 37.6. The van der Waals surface area contributed by atoms with Crippen LogP contribution in [0.15, 0.2) is 84.9 Å². The average Bonchev–Trinajstić information content (AvgIpc) is 2.98. The highest BCUT2D eigenvalue weighted by Gasteiger charge is 2.49. The third-order valence-electron chi connectivity index (χ3n) is 8.20. The lowest BCUT2D eigenvalue weighted by Gasteiger charge is -2.46. The molecule has 0 bridgehead atoms. The Labute approximate surface area is 251 Å². The normalized spacial score (nSPS) is 23.1. The maximum Gasteiger partial charge on any atom is 0.192 e. The van der Waals surface area contributed by atoms with E-state index in [0.717, 1.165) is 22.4 Å². The first kappa shape index (κ1) is 32.4. The molecule has 42 heavy (non-hydrogen) atoms. The molecule has 0 amide bonds. The van der Waals surface area contributed by atoms with Crippen molar-refractivity contribution in [3.63, 3.8) is 0 Å². The molecule has 1 fully saturated rings. The van der Waals surface area contributed by atoms with E-state index in [-0.39, 0.29) is 11.6 Å². The van der Waals surface area contributed by atoms with E-state index in [1.807, 2.05) is 84.9 Å². The van der Waals surface area contributed by atoms with Gasteiger partial charge in [0.05, 0.1) is 33.5 Å². The van der Waals surface area contributed by atoms with E-state index >= 15 is 0 Å². The molecule has 3 aromatic carbocycles. The van der Waals surface area contributed by atoms with Crippen molar-refractivity contribution in [3.05, 3.63) is 102 Å². The van der Waals surface area contributed by atoms with Gasteiger partial charge in [-0.05, 0) is 47.0 Å². The van der Waals surface area contributed by atoms with Crippen LogP contribution in [0.4, 0.5) is 0 Å². The second-order valence-corrected chi connectivity index (χ2v) is 17.1. The van der Waals surface area contributed by atoms with Crippen molar-refractivity contribution in [2.24, 2.45) is 0 Å². The molecule has 0 aliphatic carbocycles. The minimum absolute atomic E-state index is 0.0201. The van der Waals surface area contributed by atoms with E-state index < -0.39 is 39.0 Å². The molecule has 1 N–H and O–H groups in total. The summed E-state index contributed by atoms with van der Waals surface area (Å²) in [4.78, 5) is 0. The van der Waals surface area contributed by atoms with Crippen LogP contribution < -0.4 is 4.74 Å². The highest BCUT2D eigenvalue weighted by Crippen LogP contribution is 2.38. The molecule has 0 aromatic heterocycles. The van der Waals surface area contributed by atoms with Gasteiger partial charge in [0, 0.05) is 0 Å². The van der Waals surface area contributed by atoms with E-state index in [9.17, 15) is 5.11 Å². The summed E-state index contributed by atoms with van der Waals surface area (Å²) in [7, 11) is -0.464. The van der Waals surface area contributed by atoms with Gasteiger partial charge < -0.3 is 33.2 Å². The van der Waals surface area contributed by atoms with Crippen LogP contribution in [0.5, 0.6) is 5.75 Å². The number of rotatable bonds is 13. The summed E-state index contributed by atoms with van der Waals surface area (Å²) in [5, 5.41) is 11.3. The van der Waals surface area contributed by atoms with Crippen molar-refractivity contribution in [2.45, 2.75) is 89.4 Å². The number of hydrogen-bond acceptors (Lipinski definition) is 7. The Kier molecular flexibility index (Phi) is 11.4. The first-order chi connectivity index (χ1) is 20.1. The third-order valence-corrected chi connectivity index (χ3v) is 12.7. The largest absolute Gasteiger partial charge is 0.497 e. The Morgan fingerprint density at radius 3 is 1.67 bits per heavy atom. The van der Waals surface area contributed by atoms with Crippen molar-refractivity contribution in [2.75, 3.05) is 13.7 Å². The molecule has 0 saturated carbocycles. The predicted octanol–water partition coefficient (Wildman–Crippen LogP) is 6.49. The lowest BCUT2D eigenvalue weighted by atomic mass is 9.98. The maximum atomic E-state index is 11.3. The summed E-state index contributed by atoms with van der Waals surface area (Å²) >= 11 is 0. The van der Waals surface area contributed by atoms with Crippen LogP contribution in [-0.4, -0.2) is 57.8 Å². The first-order valence-electron chi connectivity index (χ1n) is 14.6. The molecule has 5 atom stereocenters. The summed E-state index contributed by atoms with van der Waals surface area (Å²) in [6.45, 7) is 12.2. The molecule has 0 spiro atoms. The van der Waals surface area contributed by atoms with Gasteiger partial charge in [-0.15, -0.1) is 0 Å². The molecule has 3 aromatic rings. The number of benzene rings is 3. The van der Waals surface area contributed by atoms with E-state index in [0.29, 0.717) is 19.8 Å². The predicted molar refractivity (Wildman–Crippen MR) is 166 cm³/mol. The molecule has 1 aliphatic rings. The van der Waals surface area contributed by atoms with E-state index in [1.54, 1.807) is 7.11 Å². The van der Waals surface area contributed by atoms with Crippen LogP contribution in [-0.2, 0) is 43.2 Å². The summed E-state index contributed by atoms with van der Waals surface area (Å²) in [6, 6.07) is 27.6. The van der Waals surface area contributed by atoms with E-state index in [2.05, 4.69) is 33.9 Å². The SMILES string of the molecule is COc1ccc(CO[C@@H]2[C@@H](OCc3ccccc3)[C@H](O)O[C@H](CO[Si](C)(C)C(C)(C)C)[C@@H]2OCc2ccccc2)cc1. The van der Waals surface area contributed by atoms with Gasteiger partial charge in [-0.1, -0.05) is 93.6 Å². The Morgan fingerprint density at radius 2 is 1.17 bits per heavy atom. The molecular weight excluding hydrogens is 548 g/mol. The zero-order valence-electron chi connectivity index (χ0n) is 25.7. The molecular formula is C34H46O7Si. The second-order valence-electron chi connectivity index (χ2n) is 12.3. The molecule has 7 nitrogen and oxygen atoms in total. The van der Waals surface area contributed by atoms with Crippen LogP contribution >= 0.6 is 0 Å². The Morgan fingerprint density at radius 1 is 0.690 bits per heavy atom. The van der Waals surface area contributed by atoms with Crippen LogP contribution in [0.1, 0.15) is 37.5 Å². The van der Waals surface area contributed by atoms with Gasteiger partial charge in [0.1, 0.15) is 30.2 Å². The fraction of sp³-hybridized carbons (Fsp3) is 0.471. The first-order valence-corrected chi connectivity index (χ1v) is 17.5. The van der Waals surface area contributed by atoms with E-state index in [1.165, 1.54) is 0 Å². The molecule has 1 saturated heterocycles. The monoisotopic (exact) mass is 594 g/mol. The molecule has 0 unspecified atom stereocenters. The van der Waals surface area contributed by atoms with Gasteiger partial charge >= 0.3 is 0 Å². The van der Waals surface area contributed by atoms with Crippen molar-refractivity contribution in [1.82, 2.24) is 0 Å². The highest BCUT2D eigenvalue weighted by atomic mass is 28.4. The quantitative estimate of drug-likeness (QED) is 0.227. The summed E-state index contributed by atoms with van der Waals surface area (Å²) in [5.74, 6) is 0.774. The molecule has 228 valence electrons. The molecule has 1 heterocycles. The zero-order chi connectivity index (χ0) is 30.2. The van der Waals surface area contributed by atoms with Crippen molar-refractivity contribution >= 4 is 8.32 Å². The Hall–Kier alpha value is -2.56. The fourth-order valence-corrected chi connectivity index (χ4v) is 5.57. The molecule has 4 rings (SSSR count). The minimum atomic E-state index is -2.11. The number of ether oxygens (including phenoxy) is 5. The number of hydrogen-bond donors (Lipinski definition) is 1. The Balaban J connectivity index is 1.60. The Bertz CT molecular complexity index is 1200. The van der Waals surface area contributed by atoms with Crippen LogP contribution in [0, 0.1) is 0 Å². The van der Waals surface area contributed by atoms with Crippen molar-refractivity contribution in [3.8, 4) is 5.75 Å². The van der Waals surface area contributed by atoms with Crippen LogP contribution in [0.25, 0.3) is 0 Å². The maximum absolute atomic E-state index is 11.3. The number of aliphatic hydroxyl groups excluding tert-OH is 1. The standard InChI is InChI=1S/C34H46O7Si/c1-34(2,3)42(5,6)40-24-29-30(37-21-25-13-9-7-10-14-25)31(38-23-27-17-19-28(36-4)20-18-27)32(33(35)41-29)39-22-26-15-11-8-12-16-26/h7-20,29-33,35H,21-24H2,1-6H3/t29-,30+,31+,32-,33-/m1/s1. The summed E-state index contributed by atoms with van der Waals surface area (Å²) in [6.07, 6.45) is -3.75. The van der Waals surface area contributed by atoms with Crippen LogP contribution in [0.3, 0.4) is 0 Å². The highest BCUT2D eigenvalue weighted by molar-refractivity contribution is 6.74. The van der Waals surface area contributed by atoms with Gasteiger partial charge in [-0.3, -0.25) is 0 Å². The van der Waals surface area contributed by atoms with Gasteiger partial charge in [-0.2, -0.15) is 0 Å². The number of methoxy groups -OCH3 is 1. The van der Waals surface area contributed by atoms with Crippen LogP contribution in [0.2, 0.25) is 18.1 Å². The fourth-order valence-electron chi connectivity index (χ4n) is 4.55. The molecule has 1 aliphatic heterocycles. The topological polar surface area (TPSA) is 75.6 Å². The van der Waals surface area contributed by atoms with E-state index in [4.69, 9.17) is 28.1 Å². The molecule has 8 heteroatoms.